The minimum absolute atomic E-state index is 0. The molecule has 0 aromatic heterocycles. The van der Waals surface area contributed by atoms with Crippen LogP contribution in [0, 0.1) is 0 Å². The van der Waals surface area contributed by atoms with E-state index in [2.05, 4.69) is 0 Å². The third-order valence-electron chi connectivity index (χ3n) is 2.39. The lowest BCUT2D eigenvalue weighted by Crippen LogP contribution is -2.45. The zero-order valence-corrected chi connectivity index (χ0v) is 9.14. The van der Waals surface area contributed by atoms with E-state index in [9.17, 15) is 4.79 Å². The monoisotopic (exact) mass is 206 g/mol. The summed E-state index contributed by atoms with van der Waals surface area (Å²) in [7, 11) is 0. The summed E-state index contributed by atoms with van der Waals surface area (Å²) < 4.78 is 0. The highest BCUT2D eigenvalue weighted by Gasteiger charge is 2.25. The maximum Gasteiger partial charge on any atom is 0.239 e. The molecule has 78 valence electrons. The molecule has 0 aromatic rings. The number of nitrogens with two attached hydrogens (primary N) is 1. The largest absolute Gasteiger partial charge is 0.339 e. The number of carbonyl (C=O) groups is 1. The van der Waals surface area contributed by atoms with Crippen LogP contribution in [0.15, 0.2) is 0 Å². The first-order valence-corrected chi connectivity index (χ1v) is 4.69. The fraction of sp³-hybridized carbons (Fsp3) is 0.889. The van der Waals surface area contributed by atoms with Crippen molar-refractivity contribution in [3.63, 3.8) is 0 Å². The lowest BCUT2D eigenvalue weighted by molar-refractivity contribution is -0.133. The van der Waals surface area contributed by atoms with Crippen molar-refractivity contribution in [1.29, 1.82) is 0 Å². The van der Waals surface area contributed by atoms with Crippen LogP contribution < -0.4 is 5.73 Å². The van der Waals surface area contributed by atoms with Crippen molar-refractivity contribution < 1.29 is 4.79 Å². The van der Waals surface area contributed by atoms with Crippen LogP contribution in [-0.4, -0.2) is 29.4 Å². The van der Waals surface area contributed by atoms with E-state index in [1.165, 1.54) is 0 Å². The topological polar surface area (TPSA) is 46.3 Å². The standard InChI is InChI=1S/C9H18N2O.ClH/c1-7(2)11-6-4-3-5-8(10)9(11)12;/h7-8H,3-6,10H2,1-2H3;1H. The first-order valence-electron chi connectivity index (χ1n) is 4.69. The second-order valence-electron chi connectivity index (χ2n) is 3.73. The molecule has 1 aliphatic rings. The summed E-state index contributed by atoms with van der Waals surface area (Å²) in [5, 5.41) is 0. The minimum Gasteiger partial charge on any atom is -0.339 e. The van der Waals surface area contributed by atoms with Gasteiger partial charge in [-0.1, -0.05) is 0 Å². The Morgan fingerprint density at radius 2 is 2.08 bits per heavy atom. The van der Waals surface area contributed by atoms with E-state index in [-0.39, 0.29) is 24.4 Å². The highest BCUT2D eigenvalue weighted by Crippen LogP contribution is 2.12. The highest BCUT2D eigenvalue weighted by atomic mass is 35.5. The van der Waals surface area contributed by atoms with E-state index in [0.29, 0.717) is 6.04 Å². The van der Waals surface area contributed by atoms with Crippen molar-refractivity contribution in [1.82, 2.24) is 4.90 Å². The quantitative estimate of drug-likeness (QED) is 0.700. The summed E-state index contributed by atoms with van der Waals surface area (Å²) in [4.78, 5) is 13.5. The predicted octanol–water partition coefficient (Wildman–Crippen LogP) is 1.16. The van der Waals surface area contributed by atoms with Gasteiger partial charge in [0.25, 0.3) is 0 Å². The summed E-state index contributed by atoms with van der Waals surface area (Å²) in [6.45, 7) is 4.95. The van der Waals surface area contributed by atoms with Gasteiger partial charge in [0.1, 0.15) is 0 Å². The highest BCUT2D eigenvalue weighted by molar-refractivity contribution is 5.85. The second-order valence-corrected chi connectivity index (χ2v) is 3.73. The molecule has 1 unspecified atom stereocenters. The molecular formula is C9H19ClN2O. The molecule has 0 aromatic carbocycles. The Morgan fingerprint density at radius 1 is 1.46 bits per heavy atom. The number of likely N-dealkylation sites (tertiary alicyclic amines) is 1. The van der Waals surface area contributed by atoms with Crippen LogP contribution in [0.4, 0.5) is 0 Å². The number of carbonyl (C=O) groups excluding carboxylic acids is 1. The molecule has 0 saturated carbocycles. The molecule has 3 nitrogen and oxygen atoms in total. The molecule has 4 heteroatoms. The van der Waals surface area contributed by atoms with Crippen molar-refractivity contribution in [2.45, 2.75) is 45.2 Å². The summed E-state index contributed by atoms with van der Waals surface area (Å²) >= 11 is 0. The van der Waals surface area contributed by atoms with Crippen molar-refractivity contribution in [3.8, 4) is 0 Å². The van der Waals surface area contributed by atoms with Crippen LogP contribution in [0.3, 0.4) is 0 Å². The number of halogens is 1. The molecule has 1 aliphatic heterocycles. The van der Waals surface area contributed by atoms with Gasteiger partial charge in [0.2, 0.25) is 5.91 Å². The number of hydrogen-bond acceptors (Lipinski definition) is 2. The number of rotatable bonds is 1. The Balaban J connectivity index is 0.00000144. The summed E-state index contributed by atoms with van der Waals surface area (Å²) in [6, 6.07) is 0.0385. The molecule has 13 heavy (non-hydrogen) atoms. The van der Waals surface area contributed by atoms with Gasteiger partial charge in [0, 0.05) is 12.6 Å². The zero-order valence-electron chi connectivity index (χ0n) is 8.32. The Hall–Kier alpha value is -0.280. The lowest BCUT2D eigenvalue weighted by atomic mass is 10.1. The van der Waals surface area contributed by atoms with Gasteiger partial charge >= 0.3 is 0 Å². The molecular weight excluding hydrogens is 188 g/mol. The fourth-order valence-electron chi connectivity index (χ4n) is 1.61. The smallest absolute Gasteiger partial charge is 0.239 e. The van der Waals surface area contributed by atoms with Crippen molar-refractivity contribution in [3.05, 3.63) is 0 Å². The van der Waals surface area contributed by atoms with Gasteiger partial charge in [0.15, 0.2) is 0 Å². The van der Waals surface area contributed by atoms with Crippen LogP contribution in [0.2, 0.25) is 0 Å². The predicted molar refractivity (Wildman–Crippen MR) is 55.9 cm³/mol. The molecule has 1 heterocycles. The third kappa shape index (κ3) is 3.16. The minimum atomic E-state index is -0.255. The normalized spacial score (nSPS) is 24.2. The summed E-state index contributed by atoms with van der Waals surface area (Å²) in [6.07, 6.45) is 3.02. The second kappa shape index (κ2) is 5.45. The molecule has 0 radical (unpaired) electrons. The maximum absolute atomic E-state index is 11.6. The SMILES string of the molecule is CC(C)N1CCCCC(N)C1=O.Cl. The van der Waals surface area contributed by atoms with Crippen LogP contribution in [-0.2, 0) is 4.79 Å². The fourth-order valence-corrected chi connectivity index (χ4v) is 1.61. The van der Waals surface area contributed by atoms with Gasteiger partial charge in [-0.2, -0.15) is 0 Å². The van der Waals surface area contributed by atoms with Gasteiger partial charge in [-0.25, -0.2) is 0 Å². The molecule has 1 amide bonds. The summed E-state index contributed by atoms with van der Waals surface area (Å²) in [5.41, 5.74) is 5.72. The maximum atomic E-state index is 11.6. The third-order valence-corrected chi connectivity index (χ3v) is 2.39. The number of amides is 1. The first-order chi connectivity index (χ1) is 5.63. The molecule has 0 bridgehead atoms. The Kier molecular flexibility index (Phi) is 5.33. The molecule has 1 rings (SSSR count). The van der Waals surface area contributed by atoms with E-state index < -0.39 is 0 Å². The van der Waals surface area contributed by atoms with Crippen molar-refractivity contribution >= 4 is 18.3 Å². The molecule has 1 saturated heterocycles. The Bertz CT molecular complexity index is 173. The van der Waals surface area contributed by atoms with Gasteiger partial charge in [-0.05, 0) is 33.1 Å². The van der Waals surface area contributed by atoms with Crippen LogP contribution in [0.25, 0.3) is 0 Å². The zero-order chi connectivity index (χ0) is 9.14. The van der Waals surface area contributed by atoms with Gasteiger partial charge in [-0.3, -0.25) is 4.79 Å². The van der Waals surface area contributed by atoms with E-state index in [1.807, 2.05) is 18.7 Å². The molecule has 0 spiro atoms. The van der Waals surface area contributed by atoms with E-state index in [4.69, 9.17) is 5.73 Å². The van der Waals surface area contributed by atoms with Gasteiger partial charge in [0.05, 0.1) is 6.04 Å². The van der Waals surface area contributed by atoms with Crippen LogP contribution >= 0.6 is 12.4 Å². The van der Waals surface area contributed by atoms with Crippen LogP contribution in [0.1, 0.15) is 33.1 Å². The Morgan fingerprint density at radius 3 is 2.62 bits per heavy atom. The van der Waals surface area contributed by atoms with E-state index in [1.54, 1.807) is 0 Å². The van der Waals surface area contributed by atoms with Gasteiger partial charge in [-0.15, -0.1) is 12.4 Å². The van der Waals surface area contributed by atoms with E-state index in [0.717, 1.165) is 25.8 Å². The number of nitrogens with zero attached hydrogens (tertiary/aromatic N) is 1. The number of hydrogen-bond donors (Lipinski definition) is 1. The molecule has 2 N–H and O–H groups in total. The van der Waals surface area contributed by atoms with Crippen LogP contribution in [0.5, 0.6) is 0 Å². The Labute approximate surface area is 86.1 Å². The van der Waals surface area contributed by atoms with Crippen molar-refractivity contribution in [2.75, 3.05) is 6.54 Å². The van der Waals surface area contributed by atoms with Gasteiger partial charge < -0.3 is 10.6 Å². The average molecular weight is 207 g/mol. The average Bonchev–Trinajstić information content (AvgIpc) is 2.15. The summed E-state index contributed by atoms with van der Waals surface area (Å²) in [5.74, 6) is 0.127. The van der Waals surface area contributed by atoms with E-state index >= 15 is 0 Å². The molecule has 1 atom stereocenters. The van der Waals surface area contributed by atoms with Crippen molar-refractivity contribution in [2.24, 2.45) is 5.73 Å². The molecule has 0 aliphatic carbocycles. The lowest BCUT2D eigenvalue weighted by Gasteiger charge is -2.26. The first kappa shape index (κ1) is 12.7. The molecule has 1 fully saturated rings.